The van der Waals surface area contributed by atoms with Crippen LogP contribution < -0.4 is 5.73 Å². The lowest BCUT2D eigenvalue weighted by molar-refractivity contribution is 0.375. The molecule has 1 aliphatic carbocycles. The quantitative estimate of drug-likeness (QED) is 0.738. The smallest absolute Gasteiger partial charge is 0.147 e. The minimum Gasteiger partial charge on any atom is -0.330 e. The van der Waals surface area contributed by atoms with Gasteiger partial charge in [-0.05, 0) is 18.4 Å². The zero-order valence-corrected chi connectivity index (χ0v) is 9.02. The van der Waals surface area contributed by atoms with Crippen molar-refractivity contribution in [2.45, 2.75) is 25.7 Å². The van der Waals surface area contributed by atoms with Crippen LogP contribution >= 0.6 is 0 Å². The minimum atomic E-state index is -2.85. The van der Waals surface area contributed by atoms with Crippen LogP contribution in [0.4, 0.5) is 0 Å². The largest absolute Gasteiger partial charge is 0.330 e. The highest BCUT2D eigenvalue weighted by Gasteiger charge is 2.26. The fraction of sp³-hybridized carbons (Fsp3) is 1.00. The highest BCUT2D eigenvalue weighted by atomic mass is 32.2. The maximum absolute atomic E-state index is 11.1. The van der Waals surface area contributed by atoms with E-state index >= 15 is 0 Å². The van der Waals surface area contributed by atoms with Gasteiger partial charge in [0, 0.05) is 6.26 Å². The Bertz CT molecular complexity index is 242. The van der Waals surface area contributed by atoms with E-state index in [9.17, 15) is 8.42 Å². The van der Waals surface area contributed by atoms with E-state index in [2.05, 4.69) is 0 Å². The molecular formula is C9H19NO2S. The second kappa shape index (κ2) is 4.42. The summed E-state index contributed by atoms with van der Waals surface area (Å²) in [5, 5.41) is 0. The van der Waals surface area contributed by atoms with E-state index in [1.54, 1.807) is 0 Å². The Hall–Kier alpha value is -0.0900. The van der Waals surface area contributed by atoms with Crippen molar-refractivity contribution in [1.29, 1.82) is 0 Å². The number of hydrogen-bond acceptors (Lipinski definition) is 3. The Morgan fingerprint density at radius 3 is 2.31 bits per heavy atom. The lowest BCUT2D eigenvalue weighted by Crippen LogP contribution is -2.28. The molecule has 0 aliphatic heterocycles. The van der Waals surface area contributed by atoms with Gasteiger partial charge in [0.05, 0.1) is 5.75 Å². The molecule has 1 atom stereocenters. The van der Waals surface area contributed by atoms with E-state index in [0.29, 0.717) is 12.5 Å². The van der Waals surface area contributed by atoms with Crippen molar-refractivity contribution >= 4 is 9.84 Å². The van der Waals surface area contributed by atoms with Gasteiger partial charge in [-0.15, -0.1) is 0 Å². The highest BCUT2D eigenvalue weighted by molar-refractivity contribution is 7.90. The van der Waals surface area contributed by atoms with Gasteiger partial charge in [-0.3, -0.25) is 0 Å². The van der Waals surface area contributed by atoms with Crippen LogP contribution in [-0.4, -0.2) is 27.0 Å². The molecule has 2 N–H and O–H groups in total. The van der Waals surface area contributed by atoms with Crippen LogP contribution in [0, 0.1) is 11.8 Å². The third-order valence-corrected chi connectivity index (χ3v) is 3.92. The molecule has 1 saturated carbocycles. The van der Waals surface area contributed by atoms with Gasteiger partial charge in [0.2, 0.25) is 0 Å². The number of nitrogens with two attached hydrogens (primary N) is 1. The van der Waals surface area contributed by atoms with Crippen LogP contribution in [-0.2, 0) is 9.84 Å². The normalized spacial score (nSPS) is 22.0. The number of rotatable bonds is 4. The maximum atomic E-state index is 11.1. The van der Waals surface area contributed by atoms with Crippen molar-refractivity contribution in [2.75, 3.05) is 18.6 Å². The minimum absolute atomic E-state index is 0.192. The predicted octanol–water partition coefficient (Wildman–Crippen LogP) is 0.796. The van der Waals surface area contributed by atoms with E-state index in [4.69, 9.17) is 5.73 Å². The summed E-state index contributed by atoms with van der Waals surface area (Å²) in [6, 6.07) is 0. The van der Waals surface area contributed by atoms with Crippen molar-refractivity contribution in [3.05, 3.63) is 0 Å². The standard InChI is InChI=1S/C9H19NO2S/c1-13(11,12)7-9(6-10)8-4-2-3-5-8/h8-9H,2-7,10H2,1H3/t9-/m1/s1. The molecule has 3 nitrogen and oxygen atoms in total. The Balaban J connectivity index is 2.51. The molecule has 1 rings (SSSR count). The van der Waals surface area contributed by atoms with Crippen molar-refractivity contribution < 1.29 is 8.42 Å². The first-order valence-corrected chi connectivity index (χ1v) is 6.97. The first-order chi connectivity index (χ1) is 6.03. The van der Waals surface area contributed by atoms with Crippen LogP contribution in [0.5, 0.6) is 0 Å². The van der Waals surface area contributed by atoms with Gasteiger partial charge in [-0.25, -0.2) is 8.42 Å². The molecule has 78 valence electrons. The average molecular weight is 205 g/mol. The second-order valence-corrected chi connectivity index (χ2v) is 6.32. The molecule has 0 aromatic heterocycles. The van der Waals surface area contributed by atoms with Crippen molar-refractivity contribution in [3.63, 3.8) is 0 Å². The Labute approximate surface area is 80.6 Å². The summed E-state index contributed by atoms with van der Waals surface area (Å²) in [6.07, 6.45) is 6.11. The molecule has 4 heteroatoms. The van der Waals surface area contributed by atoms with Crippen LogP contribution in [0.3, 0.4) is 0 Å². The zero-order chi connectivity index (χ0) is 9.90. The molecule has 0 saturated heterocycles. The summed E-state index contributed by atoms with van der Waals surface area (Å²) in [4.78, 5) is 0. The highest BCUT2D eigenvalue weighted by Crippen LogP contribution is 2.31. The summed E-state index contributed by atoms with van der Waals surface area (Å²) in [6.45, 7) is 0.512. The van der Waals surface area contributed by atoms with E-state index in [1.165, 1.54) is 19.1 Å². The van der Waals surface area contributed by atoms with Crippen molar-refractivity contribution in [1.82, 2.24) is 0 Å². The van der Waals surface area contributed by atoms with Crippen LogP contribution in [0.2, 0.25) is 0 Å². The monoisotopic (exact) mass is 205 g/mol. The van der Waals surface area contributed by atoms with Crippen LogP contribution in [0.25, 0.3) is 0 Å². The molecule has 0 spiro atoms. The first-order valence-electron chi connectivity index (χ1n) is 4.90. The zero-order valence-electron chi connectivity index (χ0n) is 8.20. The fourth-order valence-electron chi connectivity index (χ4n) is 2.21. The third kappa shape index (κ3) is 3.65. The average Bonchev–Trinajstić information content (AvgIpc) is 2.50. The number of sulfone groups is 1. The molecule has 0 aromatic carbocycles. The molecule has 13 heavy (non-hydrogen) atoms. The summed E-state index contributed by atoms with van der Waals surface area (Å²) in [5.74, 6) is 1.02. The molecule has 1 aliphatic rings. The SMILES string of the molecule is CS(=O)(=O)C[C@@H](CN)C1CCCC1. The van der Waals surface area contributed by atoms with E-state index in [0.717, 1.165) is 12.8 Å². The van der Waals surface area contributed by atoms with Gasteiger partial charge in [0.15, 0.2) is 0 Å². The van der Waals surface area contributed by atoms with Gasteiger partial charge in [0.1, 0.15) is 9.84 Å². The first kappa shape index (κ1) is 11.0. The lowest BCUT2D eigenvalue weighted by Gasteiger charge is -2.20. The van der Waals surface area contributed by atoms with Crippen molar-refractivity contribution in [3.8, 4) is 0 Å². The van der Waals surface area contributed by atoms with E-state index < -0.39 is 9.84 Å². The lowest BCUT2D eigenvalue weighted by atomic mass is 9.93. The van der Waals surface area contributed by atoms with Gasteiger partial charge in [-0.1, -0.05) is 25.7 Å². The topological polar surface area (TPSA) is 60.2 Å². The summed E-state index contributed by atoms with van der Waals surface area (Å²) < 4.78 is 22.2. The van der Waals surface area contributed by atoms with Gasteiger partial charge in [-0.2, -0.15) is 0 Å². The molecule has 0 bridgehead atoms. The molecule has 0 radical (unpaired) electrons. The molecule has 0 amide bonds. The second-order valence-electron chi connectivity index (χ2n) is 4.13. The maximum Gasteiger partial charge on any atom is 0.147 e. The van der Waals surface area contributed by atoms with Crippen LogP contribution in [0.1, 0.15) is 25.7 Å². The van der Waals surface area contributed by atoms with Crippen molar-refractivity contribution in [2.24, 2.45) is 17.6 Å². The fourth-order valence-corrected chi connectivity index (χ4v) is 3.40. The summed E-state index contributed by atoms with van der Waals surface area (Å²) in [5.41, 5.74) is 5.60. The summed E-state index contributed by atoms with van der Waals surface area (Å²) >= 11 is 0. The molecule has 1 fully saturated rings. The van der Waals surface area contributed by atoms with Gasteiger partial charge < -0.3 is 5.73 Å². The van der Waals surface area contributed by atoms with Gasteiger partial charge >= 0.3 is 0 Å². The molecule has 0 heterocycles. The number of hydrogen-bond donors (Lipinski definition) is 1. The molecule has 0 aromatic rings. The van der Waals surface area contributed by atoms with Gasteiger partial charge in [0.25, 0.3) is 0 Å². The Morgan fingerprint density at radius 1 is 1.38 bits per heavy atom. The summed E-state index contributed by atoms with van der Waals surface area (Å²) in [7, 11) is -2.85. The predicted molar refractivity (Wildman–Crippen MR) is 54.2 cm³/mol. The molecule has 0 unspecified atom stereocenters. The molecular weight excluding hydrogens is 186 g/mol. The Kier molecular flexibility index (Phi) is 3.74. The van der Waals surface area contributed by atoms with Crippen LogP contribution in [0.15, 0.2) is 0 Å². The van der Waals surface area contributed by atoms with E-state index in [-0.39, 0.29) is 11.7 Å². The van der Waals surface area contributed by atoms with E-state index in [1.807, 2.05) is 0 Å². The Morgan fingerprint density at radius 2 is 1.92 bits per heavy atom. The third-order valence-electron chi connectivity index (χ3n) is 2.89.